The number of fused-ring (bicyclic) bond motifs is 1. The van der Waals surface area contributed by atoms with Crippen LogP contribution in [0.15, 0.2) is 42.5 Å². The van der Waals surface area contributed by atoms with Crippen LogP contribution in [0.3, 0.4) is 0 Å². The third kappa shape index (κ3) is 2.22. The highest BCUT2D eigenvalue weighted by molar-refractivity contribution is 7.21. The molecule has 1 aromatic heterocycles. The zero-order chi connectivity index (χ0) is 13.4. The SMILES string of the molecule is Cc1ccc(-c2nc3cc(C(=O)[O-])ccc3s2)cc1. The number of carbonyl (C=O) groups excluding carboxylic acids is 1. The summed E-state index contributed by atoms with van der Waals surface area (Å²) in [4.78, 5) is 15.3. The number of nitrogens with zero attached hydrogens (tertiary/aromatic N) is 1. The predicted octanol–water partition coefficient (Wildman–Crippen LogP) is 2.64. The van der Waals surface area contributed by atoms with Gasteiger partial charge < -0.3 is 9.90 Å². The van der Waals surface area contributed by atoms with Crippen molar-refractivity contribution in [1.29, 1.82) is 0 Å². The van der Waals surface area contributed by atoms with Crippen molar-refractivity contribution in [3.8, 4) is 10.6 Å². The molecule has 2 aromatic carbocycles. The van der Waals surface area contributed by atoms with Crippen LogP contribution in [0.25, 0.3) is 20.8 Å². The van der Waals surface area contributed by atoms with Crippen molar-refractivity contribution in [1.82, 2.24) is 4.98 Å². The molecule has 0 aliphatic heterocycles. The summed E-state index contributed by atoms with van der Waals surface area (Å²) in [5.41, 5.74) is 3.10. The van der Waals surface area contributed by atoms with Gasteiger partial charge >= 0.3 is 0 Å². The minimum absolute atomic E-state index is 0.160. The van der Waals surface area contributed by atoms with E-state index in [9.17, 15) is 9.90 Å². The molecule has 0 bridgehead atoms. The van der Waals surface area contributed by atoms with Crippen LogP contribution in [0.1, 0.15) is 15.9 Å². The van der Waals surface area contributed by atoms with E-state index in [1.807, 2.05) is 31.2 Å². The molecule has 0 spiro atoms. The molecule has 0 unspecified atom stereocenters. The van der Waals surface area contributed by atoms with Gasteiger partial charge in [-0.25, -0.2) is 4.98 Å². The highest BCUT2D eigenvalue weighted by Gasteiger charge is 2.07. The van der Waals surface area contributed by atoms with Gasteiger partial charge in [-0.3, -0.25) is 0 Å². The molecule has 0 saturated heterocycles. The van der Waals surface area contributed by atoms with Gasteiger partial charge in [-0.05, 0) is 24.6 Å². The molecule has 4 heteroatoms. The molecule has 3 rings (SSSR count). The summed E-state index contributed by atoms with van der Waals surface area (Å²) in [6, 6.07) is 13.0. The fourth-order valence-corrected chi connectivity index (χ4v) is 2.83. The minimum Gasteiger partial charge on any atom is -0.545 e. The van der Waals surface area contributed by atoms with E-state index in [2.05, 4.69) is 4.98 Å². The molecule has 0 aliphatic carbocycles. The van der Waals surface area contributed by atoms with Crippen LogP contribution < -0.4 is 5.11 Å². The second-order valence-corrected chi connectivity index (χ2v) is 5.39. The van der Waals surface area contributed by atoms with Crippen LogP contribution in [-0.4, -0.2) is 11.0 Å². The molecule has 1 heterocycles. The van der Waals surface area contributed by atoms with Gasteiger partial charge in [0.15, 0.2) is 0 Å². The molecule has 0 amide bonds. The van der Waals surface area contributed by atoms with Gasteiger partial charge in [0.25, 0.3) is 0 Å². The molecular weight excluding hydrogens is 258 g/mol. The average Bonchev–Trinajstić information content (AvgIpc) is 2.82. The highest BCUT2D eigenvalue weighted by Crippen LogP contribution is 2.30. The molecule has 0 aliphatic rings. The summed E-state index contributed by atoms with van der Waals surface area (Å²) in [7, 11) is 0. The van der Waals surface area contributed by atoms with E-state index >= 15 is 0 Å². The first-order valence-corrected chi connectivity index (χ1v) is 6.64. The van der Waals surface area contributed by atoms with Gasteiger partial charge in [-0.2, -0.15) is 0 Å². The van der Waals surface area contributed by atoms with Crippen molar-refractivity contribution in [3.05, 3.63) is 53.6 Å². The molecule has 0 atom stereocenters. The Labute approximate surface area is 114 Å². The van der Waals surface area contributed by atoms with E-state index in [1.165, 1.54) is 5.56 Å². The van der Waals surface area contributed by atoms with Crippen LogP contribution in [0.5, 0.6) is 0 Å². The van der Waals surface area contributed by atoms with Gasteiger partial charge in [-0.1, -0.05) is 35.9 Å². The van der Waals surface area contributed by atoms with Crippen molar-refractivity contribution in [2.75, 3.05) is 0 Å². The fourth-order valence-electron chi connectivity index (χ4n) is 1.87. The molecule has 94 valence electrons. The Hall–Kier alpha value is -2.20. The van der Waals surface area contributed by atoms with E-state index in [1.54, 1.807) is 29.5 Å². The summed E-state index contributed by atoms with van der Waals surface area (Å²) in [5, 5.41) is 11.7. The van der Waals surface area contributed by atoms with Crippen molar-refractivity contribution < 1.29 is 9.90 Å². The minimum atomic E-state index is -1.17. The van der Waals surface area contributed by atoms with Crippen LogP contribution >= 0.6 is 11.3 Å². The Morgan fingerprint density at radius 1 is 1.16 bits per heavy atom. The monoisotopic (exact) mass is 268 g/mol. The molecule has 3 aromatic rings. The number of thiazole rings is 1. The van der Waals surface area contributed by atoms with Gasteiger partial charge in [-0.15, -0.1) is 11.3 Å². The topological polar surface area (TPSA) is 53.0 Å². The van der Waals surface area contributed by atoms with Crippen molar-refractivity contribution in [2.24, 2.45) is 0 Å². The van der Waals surface area contributed by atoms with Gasteiger partial charge in [0.1, 0.15) is 5.01 Å². The molecule has 0 saturated carbocycles. The number of rotatable bonds is 2. The third-order valence-electron chi connectivity index (χ3n) is 2.92. The Balaban J connectivity index is 2.11. The number of aryl methyl sites for hydroxylation is 1. The van der Waals surface area contributed by atoms with Gasteiger partial charge in [0.2, 0.25) is 0 Å². The highest BCUT2D eigenvalue weighted by atomic mass is 32.1. The van der Waals surface area contributed by atoms with Crippen LogP contribution in [0.2, 0.25) is 0 Å². The Morgan fingerprint density at radius 2 is 1.89 bits per heavy atom. The van der Waals surface area contributed by atoms with Crippen molar-refractivity contribution in [3.63, 3.8) is 0 Å². The maximum atomic E-state index is 10.8. The smallest absolute Gasteiger partial charge is 0.124 e. The summed E-state index contributed by atoms with van der Waals surface area (Å²) >= 11 is 1.55. The maximum Gasteiger partial charge on any atom is 0.124 e. The number of hydrogen-bond acceptors (Lipinski definition) is 4. The molecule has 0 fully saturated rings. The van der Waals surface area contributed by atoms with Crippen molar-refractivity contribution >= 4 is 27.5 Å². The van der Waals surface area contributed by atoms with Crippen LogP contribution in [0.4, 0.5) is 0 Å². The quantitative estimate of drug-likeness (QED) is 0.718. The Kier molecular flexibility index (Phi) is 2.80. The standard InChI is InChI=1S/C15H11NO2S/c1-9-2-4-10(5-3-9)14-16-12-8-11(15(17)18)6-7-13(12)19-14/h2-8H,1H3,(H,17,18)/p-1. The normalized spacial score (nSPS) is 10.8. The van der Waals surface area contributed by atoms with E-state index in [0.29, 0.717) is 5.52 Å². The van der Waals surface area contributed by atoms with Crippen molar-refractivity contribution in [2.45, 2.75) is 6.92 Å². The first-order chi connectivity index (χ1) is 9.13. The number of carboxylic acid groups (broad SMARTS) is 1. The largest absolute Gasteiger partial charge is 0.545 e. The van der Waals surface area contributed by atoms with E-state index in [-0.39, 0.29) is 5.56 Å². The molecule has 19 heavy (non-hydrogen) atoms. The van der Waals surface area contributed by atoms with E-state index in [4.69, 9.17) is 0 Å². The maximum absolute atomic E-state index is 10.8. The number of carbonyl (C=O) groups is 1. The predicted molar refractivity (Wildman–Crippen MR) is 74.1 cm³/mol. The fraction of sp³-hybridized carbons (Fsp3) is 0.0667. The number of hydrogen-bond donors (Lipinski definition) is 0. The number of benzene rings is 2. The molecule has 3 nitrogen and oxygen atoms in total. The number of carboxylic acids is 1. The van der Waals surface area contributed by atoms with Crippen LogP contribution in [0, 0.1) is 6.92 Å². The summed E-state index contributed by atoms with van der Waals surface area (Å²) in [6.07, 6.45) is 0. The van der Waals surface area contributed by atoms with Gasteiger partial charge in [0.05, 0.1) is 16.2 Å². The molecule has 0 radical (unpaired) electrons. The average molecular weight is 268 g/mol. The summed E-state index contributed by atoms with van der Waals surface area (Å²) < 4.78 is 0.973. The van der Waals surface area contributed by atoms with E-state index in [0.717, 1.165) is 15.3 Å². The Morgan fingerprint density at radius 3 is 2.58 bits per heavy atom. The number of aromatic carboxylic acids is 1. The van der Waals surface area contributed by atoms with Gasteiger partial charge in [0, 0.05) is 5.56 Å². The number of aromatic nitrogens is 1. The zero-order valence-electron chi connectivity index (χ0n) is 10.2. The van der Waals surface area contributed by atoms with E-state index < -0.39 is 5.97 Å². The molecular formula is C15H10NO2S-. The lowest BCUT2D eigenvalue weighted by Gasteiger charge is -1.99. The lowest BCUT2D eigenvalue weighted by atomic mass is 10.2. The molecule has 0 N–H and O–H groups in total. The third-order valence-corrected chi connectivity index (χ3v) is 4.01. The second kappa shape index (κ2) is 4.48. The zero-order valence-corrected chi connectivity index (χ0v) is 11.0. The second-order valence-electron chi connectivity index (χ2n) is 4.36. The lowest BCUT2D eigenvalue weighted by molar-refractivity contribution is -0.255. The summed E-state index contributed by atoms with van der Waals surface area (Å²) in [5.74, 6) is -1.17. The first-order valence-electron chi connectivity index (χ1n) is 5.82. The first kappa shape index (κ1) is 11.9. The van der Waals surface area contributed by atoms with Crippen LogP contribution in [-0.2, 0) is 0 Å². The lowest BCUT2D eigenvalue weighted by Crippen LogP contribution is -2.21. The Bertz CT molecular complexity index is 759. The summed E-state index contributed by atoms with van der Waals surface area (Å²) in [6.45, 7) is 2.04.